The number of halogens is 1. The molecule has 0 radical (unpaired) electrons. The first-order valence-electron chi connectivity index (χ1n) is 10.5. The fraction of sp³-hybridized carbons (Fsp3) is 0.545. The molecule has 0 aliphatic carbocycles. The molecule has 166 valence electrons. The molecule has 0 saturated carbocycles. The summed E-state index contributed by atoms with van der Waals surface area (Å²) < 4.78 is 7.57. The number of rotatable bonds is 8. The molecule has 2 aromatic rings. The second kappa shape index (κ2) is 12.7. The summed E-state index contributed by atoms with van der Waals surface area (Å²) in [6, 6.07) is 8.69. The van der Waals surface area contributed by atoms with Crippen molar-refractivity contribution < 1.29 is 4.74 Å². The summed E-state index contributed by atoms with van der Waals surface area (Å²) in [6.07, 6.45) is 8.43. The van der Waals surface area contributed by atoms with Crippen molar-refractivity contribution in [2.75, 3.05) is 38.7 Å². The molecule has 8 heteroatoms. The standard InChI is InChI=1S/C22H34N6O.HI/c1-18-24-12-15-27(18)13-5-4-11-25-22(23-2)26-19-8-7-14-28(17-19)20-9-6-10-21(16-20)29-3;/h6,9-10,12,15-16,19H,4-5,7-8,11,13-14,17H2,1-3H3,(H2,23,25,26);1H. The number of piperidine rings is 1. The molecule has 1 atom stereocenters. The summed E-state index contributed by atoms with van der Waals surface area (Å²) >= 11 is 0. The molecule has 1 aliphatic heterocycles. The van der Waals surface area contributed by atoms with Gasteiger partial charge in [-0.1, -0.05) is 6.07 Å². The maximum atomic E-state index is 5.37. The average molecular weight is 526 g/mol. The van der Waals surface area contributed by atoms with Gasteiger partial charge in [0.25, 0.3) is 0 Å². The Bertz CT molecular complexity index is 793. The number of hydrogen-bond donors (Lipinski definition) is 2. The van der Waals surface area contributed by atoms with Gasteiger partial charge in [0.2, 0.25) is 0 Å². The van der Waals surface area contributed by atoms with Crippen molar-refractivity contribution in [2.45, 2.75) is 45.2 Å². The summed E-state index contributed by atoms with van der Waals surface area (Å²) in [5.74, 6) is 2.87. The second-order valence-corrected chi connectivity index (χ2v) is 7.50. The van der Waals surface area contributed by atoms with Gasteiger partial charge >= 0.3 is 0 Å². The van der Waals surface area contributed by atoms with E-state index >= 15 is 0 Å². The number of unbranched alkanes of at least 4 members (excludes halogenated alkanes) is 1. The predicted octanol–water partition coefficient (Wildman–Crippen LogP) is 3.43. The second-order valence-electron chi connectivity index (χ2n) is 7.50. The summed E-state index contributed by atoms with van der Waals surface area (Å²) in [5.41, 5.74) is 1.22. The molecule has 1 aromatic heterocycles. The maximum absolute atomic E-state index is 5.37. The molecular weight excluding hydrogens is 491 g/mol. The van der Waals surface area contributed by atoms with Crippen molar-refractivity contribution in [1.82, 2.24) is 20.2 Å². The van der Waals surface area contributed by atoms with Gasteiger partial charge in [-0.25, -0.2) is 4.98 Å². The van der Waals surface area contributed by atoms with Crippen LogP contribution >= 0.6 is 24.0 Å². The molecule has 1 saturated heterocycles. The number of benzene rings is 1. The Morgan fingerprint density at radius 2 is 2.20 bits per heavy atom. The smallest absolute Gasteiger partial charge is 0.191 e. The third-order valence-corrected chi connectivity index (χ3v) is 5.45. The number of hydrogen-bond acceptors (Lipinski definition) is 4. The van der Waals surface area contributed by atoms with Crippen molar-refractivity contribution in [2.24, 2.45) is 4.99 Å². The SMILES string of the molecule is CN=C(NCCCCn1ccnc1C)NC1CCCN(c2cccc(OC)c2)C1.I. The van der Waals surface area contributed by atoms with Crippen molar-refractivity contribution in [1.29, 1.82) is 0 Å². The molecule has 0 spiro atoms. The number of aryl methyl sites for hydroxylation is 2. The van der Waals surface area contributed by atoms with Gasteiger partial charge in [0.05, 0.1) is 7.11 Å². The van der Waals surface area contributed by atoms with Gasteiger partial charge in [0.15, 0.2) is 5.96 Å². The monoisotopic (exact) mass is 526 g/mol. The quantitative estimate of drug-likeness (QED) is 0.239. The lowest BCUT2D eigenvalue weighted by Gasteiger charge is -2.35. The fourth-order valence-corrected chi connectivity index (χ4v) is 3.78. The van der Waals surface area contributed by atoms with Crippen LogP contribution in [0.1, 0.15) is 31.5 Å². The topological polar surface area (TPSA) is 66.7 Å². The Morgan fingerprint density at radius 1 is 1.33 bits per heavy atom. The minimum absolute atomic E-state index is 0. The molecule has 1 aliphatic rings. The van der Waals surface area contributed by atoms with Crippen molar-refractivity contribution in [3.8, 4) is 5.75 Å². The highest BCUT2D eigenvalue weighted by Crippen LogP contribution is 2.24. The Morgan fingerprint density at radius 3 is 2.93 bits per heavy atom. The predicted molar refractivity (Wildman–Crippen MR) is 134 cm³/mol. The van der Waals surface area contributed by atoms with E-state index < -0.39 is 0 Å². The van der Waals surface area contributed by atoms with Crippen LogP contribution < -0.4 is 20.3 Å². The third-order valence-electron chi connectivity index (χ3n) is 5.45. The molecule has 1 fully saturated rings. The summed E-state index contributed by atoms with van der Waals surface area (Å²) in [4.78, 5) is 11.1. The number of anilines is 1. The molecular formula is C22H35IN6O. The lowest BCUT2D eigenvalue weighted by atomic mass is 10.0. The van der Waals surface area contributed by atoms with Gasteiger partial charge in [-0.05, 0) is 44.7 Å². The van der Waals surface area contributed by atoms with Crippen LogP contribution in [0.25, 0.3) is 0 Å². The maximum Gasteiger partial charge on any atom is 0.191 e. The van der Waals surface area contributed by atoms with E-state index in [0.717, 1.165) is 69.4 Å². The number of aliphatic imine (C=N–C) groups is 1. The van der Waals surface area contributed by atoms with Crippen LogP contribution in [-0.4, -0.2) is 55.3 Å². The Labute approximate surface area is 197 Å². The highest BCUT2D eigenvalue weighted by Gasteiger charge is 2.21. The lowest BCUT2D eigenvalue weighted by molar-refractivity contribution is 0.414. The van der Waals surface area contributed by atoms with Crippen LogP contribution in [0.5, 0.6) is 5.75 Å². The molecule has 0 bridgehead atoms. The van der Waals surface area contributed by atoms with Gasteiger partial charge in [-0.2, -0.15) is 0 Å². The molecule has 2 heterocycles. The zero-order valence-corrected chi connectivity index (χ0v) is 20.6. The summed E-state index contributed by atoms with van der Waals surface area (Å²) in [5, 5.41) is 7.06. The summed E-state index contributed by atoms with van der Waals surface area (Å²) in [6.45, 7) is 6.01. The van der Waals surface area contributed by atoms with E-state index in [1.54, 1.807) is 7.11 Å². The van der Waals surface area contributed by atoms with E-state index in [2.05, 4.69) is 48.3 Å². The van der Waals surface area contributed by atoms with Gasteiger partial charge in [-0.15, -0.1) is 24.0 Å². The zero-order valence-electron chi connectivity index (χ0n) is 18.3. The number of guanidine groups is 1. The Hall–Kier alpha value is -1.97. The molecule has 2 N–H and O–H groups in total. The van der Waals surface area contributed by atoms with Crippen LogP contribution in [0, 0.1) is 6.92 Å². The van der Waals surface area contributed by atoms with E-state index in [9.17, 15) is 0 Å². The highest BCUT2D eigenvalue weighted by atomic mass is 127. The van der Waals surface area contributed by atoms with Gasteiger partial charge in [0.1, 0.15) is 11.6 Å². The van der Waals surface area contributed by atoms with E-state index in [1.165, 1.54) is 5.69 Å². The zero-order chi connectivity index (χ0) is 20.5. The van der Waals surface area contributed by atoms with E-state index in [4.69, 9.17) is 4.74 Å². The lowest BCUT2D eigenvalue weighted by Crippen LogP contribution is -2.51. The Kier molecular flexibility index (Phi) is 10.3. The van der Waals surface area contributed by atoms with Crippen molar-refractivity contribution in [3.63, 3.8) is 0 Å². The fourth-order valence-electron chi connectivity index (χ4n) is 3.78. The van der Waals surface area contributed by atoms with Gasteiger partial charge in [-0.3, -0.25) is 4.99 Å². The number of nitrogens with zero attached hydrogens (tertiary/aromatic N) is 4. The largest absolute Gasteiger partial charge is 0.497 e. The minimum Gasteiger partial charge on any atom is -0.497 e. The van der Waals surface area contributed by atoms with Gasteiger partial charge < -0.3 is 24.8 Å². The minimum atomic E-state index is 0. The van der Waals surface area contributed by atoms with Crippen molar-refractivity contribution in [3.05, 3.63) is 42.5 Å². The van der Waals surface area contributed by atoms with Crippen LogP contribution in [0.15, 0.2) is 41.7 Å². The Balaban J connectivity index is 0.00000320. The van der Waals surface area contributed by atoms with Crippen LogP contribution in [-0.2, 0) is 6.54 Å². The molecule has 7 nitrogen and oxygen atoms in total. The molecule has 3 rings (SSSR count). The van der Waals surface area contributed by atoms with Crippen molar-refractivity contribution >= 4 is 35.6 Å². The number of methoxy groups -OCH3 is 1. The van der Waals surface area contributed by atoms with E-state index in [-0.39, 0.29) is 24.0 Å². The third kappa shape index (κ3) is 7.07. The molecule has 1 unspecified atom stereocenters. The molecule has 30 heavy (non-hydrogen) atoms. The first kappa shape index (κ1) is 24.3. The molecule has 0 amide bonds. The summed E-state index contributed by atoms with van der Waals surface area (Å²) in [7, 11) is 3.55. The highest BCUT2D eigenvalue weighted by molar-refractivity contribution is 14.0. The van der Waals surface area contributed by atoms with E-state index in [1.807, 2.05) is 32.4 Å². The number of aromatic nitrogens is 2. The average Bonchev–Trinajstić information content (AvgIpc) is 3.17. The number of nitrogens with one attached hydrogen (secondary N) is 2. The van der Waals surface area contributed by atoms with E-state index in [0.29, 0.717) is 6.04 Å². The number of ether oxygens (including phenoxy) is 1. The van der Waals surface area contributed by atoms with Crippen LogP contribution in [0.2, 0.25) is 0 Å². The first-order valence-corrected chi connectivity index (χ1v) is 10.5. The van der Waals surface area contributed by atoms with Crippen LogP contribution in [0.4, 0.5) is 5.69 Å². The van der Waals surface area contributed by atoms with Crippen LogP contribution in [0.3, 0.4) is 0 Å². The normalized spacial score (nSPS) is 16.7. The number of imidazole rings is 1. The first-order chi connectivity index (χ1) is 14.2. The van der Waals surface area contributed by atoms with Gasteiger partial charge in [0, 0.05) is 63.4 Å². The molecule has 1 aromatic carbocycles.